The van der Waals surface area contributed by atoms with Gasteiger partial charge in [-0.1, -0.05) is 53.6 Å². The summed E-state index contributed by atoms with van der Waals surface area (Å²) in [7, 11) is 0. The normalized spacial score (nSPS) is 10.9. The third-order valence-electron chi connectivity index (χ3n) is 4.06. The molecule has 3 rings (SSSR count). The van der Waals surface area contributed by atoms with Gasteiger partial charge in [0.1, 0.15) is 11.5 Å². The highest BCUT2D eigenvalue weighted by molar-refractivity contribution is 6.30. The lowest BCUT2D eigenvalue weighted by atomic mass is 10.0. The number of carbonyl (C=O) groups is 1. The number of aryl methyl sites for hydroxylation is 1. The number of benzene rings is 3. The van der Waals surface area contributed by atoms with Gasteiger partial charge in [0, 0.05) is 5.02 Å². The minimum absolute atomic E-state index is 0.182. The van der Waals surface area contributed by atoms with Crippen LogP contribution in [-0.4, -0.2) is 12.6 Å². The van der Waals surface area contributed by atoms with Gasteiger partial charge in [-0.3, -0.25) is 0 Å². The molecule has 0 amide bonds. The quantitative estimate of drug-likeness (QED) is 0.229. The van der Waals surface area contributed by atoms with Crippen LogP contribution in [-0.2, 0) is 4.79 Å². The summed E-state index contributed by atoms with van der Waals surface area (Å²) in [6.07, 6.45) is 1.75. The van der Waals surface area contributed by atoms with E-state index in [1.165, 1.54) is 0 Å². The molecule has 5 heteroatoms. The van der Waals surface area contributed by atoms with E-state index in [0.29, 0.717) is 22.1 Å². The molecule has 0 atom stereocenters. The van der Waals surface area contributed by atoms with Crippen molar-refractivity contribution in [3.63, 3.8) is 0 Å². The molecule has 0 heterocycles. The van der Waals surface area contributed by atoms with E-state index in [-0.39, 0.29) is 6.61 Å². The molecule has 0 radical (unpaired) electrons. The molecule has 3 aromatic carbocycles. The lowest BCUT2D eigenvalue weighted by Gasteiger charge is -2.07. The van der Waals surface area contributed by atoms with Crippen molar-refractivity contribution < 1.29 is 14.3 Å². The van der Waals surface area contributed by atoms with Crippen molar-refractivity contribution in [1.29, 1.82) is 5.26 Å². The average Bonchev–Trinajstić information content (AvgIpc) is 2.73. The van der Waals surface area contributed by atoms with E-state index >= 15 is 0 Å². The Morgan fingerprint density at radius 2 is 1.72 bits per heavy atom. The monoisotopic (exact) mass is 403 g/mol. The van der Waals surface area contributed by atoms with Crippen molar-refractivity contribution in [3.8, 4) is 17.6 Å². The number of carbonyl (C=O) groups excluding carboxylic acids is 1. The number of esters is 1. The predicted octanol–water partition coefficient (Wildman–Crippen LogP) is 5.70. The molecule has 4 nitrogen and oxygen atoms in total. The Hall–Kier alpha value is -3.55. The average molecular weight is 404 g/mol. The zero-order valence-electron chi connectivity index (χ0n) is 15.8. The molecule has 0 fully saturated rings. The van der Waals surface area contributed by atoms with E-state index in [1.54, 1.807) is 60.7 Å². The minimum Gasteiger partial charge on any atom is -0.482 e. The van der Waals surface area contributed by atoms with Crippen LogP contribution in [0.15, 0.2) is 72.8 Å². The highest BCUT2D eigenvalue weighted by atomic mass is 35.5. The fraction of sp³-hybridized carbons (Fsp3) is 0.0833. The Bertz CT molecular complexity index is 1060. The Balaban J connectivity index is 1.61. The molecule has 0 aliphatic carbocycles. The molecule has 0 bridgehead atoms. The van der Waals surface area contributed by atoms with Crippen LogP contribution >= 0.6 is 11.6 Å². The van der Waals surface area contributed by atoms with Crippen LogP contribution in [0, 0.1) is 18.3 Å². The maximum Gasteiger partial charge on any atom is 0.349 e. The summed E-state index contributed by atoms with van der Waals surface area (Å²) in [6.45, 7) is 1.80. The second-order valence-electron chi connectivity index (χ2n) is 6.32. The molecule has 0 aliphatic rings. The molecular formula is C24H18ClNO3. The highest BCUT2D eigenvalue weighted by Gasteiger charge is 2.07. The van der Waals surface area contributed by atoms with Gasteiger partial charge in [0.15, 0.2) is 6.61 Å². The topological polar surface area (TPSA) is 59.3 Å². The molecule has 0 spiro atoms. The van der Waals surface area contributed by atoms with Gasteiger partial charge in [0.2, 0.25) is 0 Å². The standard InChI is InChI=1S/C24H18ClNO3/c1-17-5-9-22(10-6-17)28-16-24(27)29-23-11-7-18(8-12-23)13-20(15-26)19-3-2-4-21(25)14-19/h2-14H,16H2,1H3/b20-13-. The van der Waals surface area contributed by atoms with Crippen LogP contribution < -0.4 is 9.47 Å². The fourth-order valence-electron chi connectivity index (χ4n) is 2.57. The van der Waals surface area contributed by atoms with Crippen LogP contribution in [0.1, 0.15) is 16.7 Å². The first-order valence-electron chi connectivity index (χ1n) is 8.91. The molecule has 0 saturated carbocycles. The third-order valence-corrected chi connectivity index (χ3v) is 4.29. The van der Waals surface area contributed by atoms with Crippen LogP contribution in [0.2, 0.25) is 5.02 Å². The van der Waals surface area contributed by atoms with Crippen molar-refractivity contribution in [2.75, 3.05) is 6.61 Å². The van der Waals surface area contributed by atoms with E-state index in [2.05, 4.69) is 6.07 Å². The fourth-order valence-corrected chi connectivity index (χ4v) is 2.76. The molecular weight excluding hydrogens is 386 g/mol. The zero-order valence-corrected chi connectivity index (χ0v) is 16.5. The Labute approximate surface area is 174 Å². The summed E-state index contributed by atoms with van der Waals surface area (Å²) in [5.74, 6) is 0.518. The van der Waals surface area contributed by atoms with Crippen LogP contribution in [0.25, 0.3) is 11.6 Å². The first-order chi connectivity index (χ1) is 14.0. The molecule has 0 aliphatic heterocycles. The lowest BCUT2D eigenvalue weighted by Crippen LogP contribution is -2.17. The largest absolute Gasteiger partial charge is 0.482 e. The number of halogens is 1. The number of rotatable bonds is 6. The second kappa shape index (κ2) is 9.59. The van der Waals surface area contributed by atoms with Gasteiger partial charge in [-0.25, -0.2) is 4.79 Å². The number of nitriles is 1. The Kier molecular flexibility index (Phi) is 6.67. The molecule has 0 saturated heterocycles. The third kappa shape index (κ3) is 5.97. The van der Waals surface area contributed by atoms with E-state index in [9.17, 15) is 10.1 Å². The second-order valence-corrected chi connectivity index (χ2v) is 6.76. The van der Waals surface area contributed by atoms with Gasteiger partial charge < -0.3 is 9.47 Å². The van der Waals surface area contributed by atoms with Gasteiger partial charge in [0.05, 0.1) is 11.6 Å². The molecule has 0 aromatic heterocycles. The molecule has 0 unspecified atom stereocenters. The van der Waals surface area contributed by atoms with Crippen molar-refractivity contribution in [3.05, 3.63) is 94.5 Å². The SMILES string of the molecule is Cc1ccc(OCC(=O)Oc2ccc(/C=C(/C#N)c3cccc(Cl)c3)cc2)cc1. The molecule has 29 heavy (non-hydrogen) atoms. The number of nitrogens with zero attached hydrogens (tertiary/aromatic N) is 1. The van der Waals surface area contributed by atoms with Crippen LogP contribution in [0.4, 0.5) is 0 Å². The summed E-state index contributed by atoms with van der Waals surface area (Å²) < 4.78 is 10.7. The van der Waals surface area contributed by atoms with E-state index < -0.39 is 5.97 Å². The first-order valence-corrected chi connectivity index (χ1v) is 9.29. The van der Waals surface area contributed by atoms with E-state index in [0.717, 1.165) is 16.7 Å². The van der Waals surface area contributed by atoms with Gasteiger partial charge in [-0.2, -0.15) is 5.26 Å². The Morgan fingerprint density at radius 3 is 2.38 bits per heavy atom. The summed E-state index contributed by atoms with van der Waals surface area (Å²) in [6, 6.07) is 23.6. The molecule has 144 valence electrons. The van der Waals surface area contributed by atoms with Crippen molar-refractivity contribution in [2.24, 2.45) is 0 Å². The Morgan fingerprint density at radius 1 is 1.03 bits per heavy atom. The highest BCUT2D eigenvalue weighted by Crippen LogP contribution is 2.22. The number of hydrogen-bond acceptors (Lipinski definition) is 4. The summed E-state index contributed by atoms with van der Waals surface area (Å²) in [5, 5.41) is 10.00. The van der Waals surface area contributed by atoms with Gasteiger partial charge >= 0.3 is 5.97 Å². The summed E-state index contributed by atoms with van der Waals surface area (Å²) in [5.41, 5.74) is 3.15. The predicted molar refractivity (Wildman–Crippen MR) is 114 cm³/mol. The molecule has 0 N–H and O–H groups in total. The zero-order chi connectivity index (χ0) is 20.6. The van der Waals surface area contributed by atoms with Crippen molar-refractivity contribution in [2.45, 2.75) is 6.92 Å². The lowest BCUT2D eigenvalue weighted by molar-refractivity contribution is -0.136. The smallest absolute Gasteiger partial charge is 0.349 e. The van der Waals surface area contributed by atoms with E-state index in [1.807, 2.05) is 25.1 Å². The maximum atomic E-state index is 12.0. The number of ether oxygens (including phenoxy) is 2. The number of allylic oxidation sites excluding steroid dienone is 1. The van der Waals surface area contributed by atoms with Crippen LogP contribution in [0.3, 0.4) is 0 Å². The molecule has 3 aromatic rings. The number of hydrogen-bond donors (Lipinski definition) is 0. The maximum absolute atomic E-state index is 12.0. The minimum atomic E-state index is -0.495. The van der Waals surface area contributed by atoms with Gasteiger partial charge in [0.25, 0.3) is 0 Å². The van der Waals surface area contributed by atoms with Gasteiger partial charge in [-0.15, -0.1) is 0 Å². The van der Waals surface area contributed by atoms with Gasteiger partial charge in [-0.05, 0) is 60.5 Å². The van der Waals surface area contributed by atoms with Crippen molar-refractivity contribution >= 4 is 29.2 Å². The summed E-state index contributed by atoms with van der Waals surface area (Å²) in [4.78, 5) is 12.0. The summed E-state index contributed by atoms with van der Waals surface area (Å²) >= 11 is 5.99. The van der Waals surface area contributed by atoms with Crippen LogP contribution in [0.5, 0.6) is 11.5 Å². The first kappa shape index (κ1) is 20.2. The van der Waals surface area contributed by atoms with E-state index in [4.69, 9.17) is 21.1 Å². The van der Waals surface area contributed by atoms with Crippen molar-refractivity contribution in [1.82, 2.24) is 0 Å².